The van der Waals surface area contributed by atoms with Crippen molar-refractivity contribution in [3.8, 4) is 0 Å². The molecule has 0 aromatic heterocycles. The second-order valence-corrected chi connectivity index (χ2v) is 9.81. The molecule has 0 bridgehead atoms. The van der Waals surface area contributed by atoms with Gasteiger partial charge in [0.1, 0.15) is 0 Å². The van der Waals surface area contributed by atoms with E-state index in [0.717, 1.165) is 4.31 Å². The van der Waals surface area contributed by atoms with Crippen molar-refractivity contribution in [1.29, 1.82) is 0 Å². The molecule has 0 amide bonds. The van der Waals surface area contributed by atoms with Gasteiger partial charge in [0.25, 0.3) is 0 Å². The fourth-order valence-electron chi connectivity index (χ4n) is 2.38. The number of ether oxygens (including phenoxy) is 1. The quantitative estimate of drug-likeness (QED) is 0.738. The lowest BCUT2D eigenvalue weighted by atomic mass is 10.1. The molecule has 0 unspecified atom stereocenters. The third-order valence-electron chi connectivity index (χ3n) is 3.71. The molecule has 1 fully saturated rings. The maximum atomic E-state index is 12.3. The van der Waals surface area contributed by atoms with E-state index >= 15 is 0 Å². The summed E-state index contributed by atoms with van der Waals surface area (Å²) >= 11 is 0. The largest absolute Gasteiger partial charge is 0.379 e. The monoisotopic (exact) mass is 362 g/mol. The number of sulfonamides is 2. The van der Waals surface area contributed by atoms with Gasteiger partial charge in [-0.2, -0.15) is 0 Å². The minimum absolute atomic E-state index is 0.140. The molecule has 0 saturated carbocycles. The summed E-state index contributed by atoms with van der Waals surface area (Å²) < 4.78 is 57.5. The number of nitrogens with zero attached hydrogens (tertiary/aromatic N) is 1. The van der Waals surface area contributed by atoms with Gasteiger partial charge in [0.2, 0.25) is 20.0 Å². The summed E-state index contributed by atoms with van der Waals surface area (Å²) in [5.74, 6) is -0.677. The van der Waals surface area contributed by atoms with Crippen molar-refractivity contribution in [2.45, 2.75) is 11.8 Å². The van der Waals surface area contributed by atoms with Crippen LogP contribution in [0.1, 0.15) is 5.56 Å². The lowest BCUT2D eigenvalue weighted by molar-refractivity contribution is 0.185. The van der Waals surface area contributed by atoms with Crippen molar-refractivity contribution >= 4 is 20.0 Å². The van der Waals surface area contributed by atoms with Gasteiger partial charge >= 0.3 is 0 Å². The SMILES string of the molecule is CN(C)S(=O)(=O)C[C@@H]1COC[C@H]1NS(=O)(=O)Cc1ccccc1. The highest BCUT2D eigenvalue weighted by Gasteiger charge is 2.35. The molecule has 7 nitrogen and oxygen atoms in total. The Morgan fingerprint density at radius 2 is 1.78 bits per heavy atom. The molecule has 0 aliphatic carbocycles. The number of hydrogen-bond donors (Lipinski definition) is 1. The first-order valence-corrected chi connectivity index (χ1v) is 10.5. The Morgan fingerprint density at radius 1 is 1.13 bits per heavy atom. The van der Waals surface area contributed by atoms with Gasteiger partial charge in [-0.25, -0.2) is 25.9 Å². The zero-order chi connectivity index (χ0) is 17.1. The molecule has 2 rings (SSSR count). The van der Waals surface area contributed by atoms with E-state index in [1.165, 1.54) is 14.1 Å². The molecule has 1 saturated heterocycles. The molecule has 0 radical (unpaired) electrons. The van der Waals surface area contributed by atoms with E-state index in [1.54, 1.807) is 24.3 Å². The smallest absolute Gasteiger partial charge is 0.216 e. The fraction of sp³-hybridized carbons (Fsp3) is 0.571. The number of benzene rings is 1. The van der Waals surface area contributed by atoms with Gasteiger partial charge in [-0.15, -0.1) is 0 Å². The van der Waals surface area contributed by atoms with Crippen LogP contribution in [0, 0.1) is 5.92 Å². The van der Waals surface area contributed by atoms with Gasteiger partial charge in [-0.05, 0) is 5.56 Å². The van der Waals surface area contributed by atoms with Crippen molar-refractivity contribution in [1.82, 2.24) is 9.03 Å². The minimum Gasteiger partial charge on any atom is -0.379 e. The van der Waals surface area contributed by atoms with Crippen LogP contribution in [0.15, 0.2) is 30.3 Å². The summed E-state index contributed by atoms with van der Waals surface area (Å²) in [7, 11) is -4.06. The number of hydrogen-bond acceptors (Lipinski definition) is 5. The van der Waals surface area contributed by atoms with Crippen LogP contribution >= 0.6 is 0 Å². The zero-order valence-corrected chi connectivity index (χ0v) is 14.8. The van der Waals surface area contributed by atoms with E-state index in [4.69, 9.17) is 4.74 Å². The average molecular weight is 362 g/mol. The first-order valence-electron chi connectivity index (χ1n) is 7.21. The van der Waals surface area contributed by atoms with Gasteiger partial charge in [0.05, 0.1) is 30.8 Å². The average Bonchev–Trinajstić information content (AvgIpc) is 2.84. The second kappa shape index (κ2) is 7.27. The van der Waals surface area contributed by atoms with Crippen LogP contribution in [0.4, 0.5) is 0 Å². The molecule has 1 heterocycles. The summed E-state index contributed by atoms with van der Waals surface area (Å²) in [5, 5.41) is 0. The Labute approximate surface area is 137 Å². The van der Waals surface area contributed by atoms with Crippen molar-refractivity contribution < 1.29 is 21.6 Å². The molecular formula is C14H22N2O5S2. The first-order chi connectivity index (χ1) is 10.7. The van der Waals surface area contributed by atoms with Gasteiger partial charge in [0, 0.05) is 20.0 Å². The van der Waals surface area contributed by atoms with Crippen LogP contribution < -0.4 is 4.72 Å². The third-order valence-corrected chi connectivity index (χ3v) is 7.05. The molecule has 1 aliphatic heterocycles. The fourth-order valence-corrected chi connectivity index (χ4v) is 4.98. The van der Waals surface area contributed by atoms with Crippen LogP contribution in [0.2, 0.25) is 0 Å². The molecule has 9 heteroatoms. The third kappa shape index (κ3) is 5.25. The van der Waals surface area contributed by atoms with E-state index in [1.807, 2.05) is 6.07 Å². The maximum Gasteiger partial charge on any atom is 0.216 e. The van der Waals surface area contributed by atoms with Gasteiger partial charge in [-0.1, -0.05) is 30.3 Å². The Kier molecular flexibility index (Phi) is 5.79. The maximum absolute atomic E-state index is 12.3. The molecule has 1 aromatic rings. The summed E-state index contributed by atoms with van der Waals surface area (Å²) in [6, 6.07) is 8.30. The summed E-state index contributed by atoms with van der Waals surface area (Å²) in [6.45, 7) is 0.410. The Bertz CT molecular complexity index is 717. The summed E-state index contributed by atoms with van der Waals surface area (Å²) in [6.07, 6.45) is 0. The van der Waals surface area contributed by atoms with Crippen LogP contribution in [0.3, 0.4) is 0 Å². The Balaban J connectivity index is 2.03. The number of nitrogens with one attached hydrogen (secondary N) is 1. The summed E-state index contributed by atoms with van der Waals surface area (Å²) in [5.41, 5.74) is 0.677. The van der Waals surface area contributed by atoms with Gasteiger partial charge in [-0.3, -0.25) is 0 Å². The molecule has 2 atom stereocenters. The summed E-state index contributed by atoms with van der Waals surface area (Å²) in [4.78, 5) is 0. The molecular weight excluding hydrogens is 340 g/mol. The number of rotatable bonds is 7. The molecule has 1 N–H and O–H groups in total. The van der Waals surface area contributed by atoms with Gasteiger partial charge < -0.3 is 4.74 Å². The highest BCUT2D eigenvalue weighted by Crippen LogP contribution is 2.18. The van der Waals surface area contributed by atoms with Crippen molar-refractivity contribution in [2.24, 2.45) is 5.92 Å². The van der Waals surface area contributed by atoms with E-state index in [9.17, 15) is 16.8 Å². The molecule has 130 valence electrons. The normalized spacial score (nSPS) is 22.6. The van der Waals surface area contributed by atoms with Crippen molar-refractivity contribution in [3.63, 3.8) is 0 Å². The minimum atomic E-state index is -3.57. The highest BCUT2D eigenvalue weighted by molar-refractivity contribution is 7.89. The van der Waals surface area contributed by atoms with Crippen LogP contribution in [-0.4, -0.2) is 60.2 Å². The van der Waals surface area contributed by atoms with E-state index in [-0.39, 0.29) is 24.7 Å². The van der Waals surface area contributed by atoms with Crippen LogP contribution in [0.25, 0.3) is 0 Å². The Hall–Kier alpha value is -1.00. The second-order valence-electron chi connectivity index (χ2n) is 5.83. The van der Waals surface area contributed by atoms with E-state index < -0.39 is 32.0 Å². The lowest BCUT2D eigenvalue weighted by Gasteiger charge is -2.21. The van der Waals surface area contributed by atoms with Crippen molar-refractivity contribution in [3.05, 3.63) is 35.9 Å². The predicted octanol–water partition coefficient (Wildman–Crippen LogP) is 0.0124. The topological polar surface area (TPSA) is 92.8 Å². The van der Waals surface area contributed by atoms with Crippen molar-refractivity contribution in [2.75, 3.05) is 33.1 Å². The van der Waals surface area contributed by atoms with E-state index in [0.29, 0.717) is 5.56 Å². The standard InChI is InChI=1S/C14H22N2O5S2/c1-16(2)23(19,20)11-13-8-21-9-14(13)15-22(17,18)10-12-6-4-3-5-7-12/h3-7,13-15H,8-11H2,1-2H3/t13-,14+/m0/s1. The Morgan fingerprint density at radius 3 is 2.39 bits per heavy atom. The molecule has 1 aliphatic rings. The molecule has 23 heavy (non-hydrogen) atoms. The zero-order valence-electron chi connectivity index (χ0n) is 13.2. The first kappa shape index (κ1) is 18.3. The van der Waals surface area contributed by atoms with Crippen LogP contribution in [0.5, 0.6) is 0 Å². The van der Waals surface area contributed by atoms with Gasteiger partial charge in [0.15, 0.2) is 0 Å². The lowest BCUT2D eigenvalue weighted by Crippen LogP contribution is -2.43. The van der Waals surface area contributed by atoms with Crippen LogP contribution in [-0.2, 0) is 30.5 Å². The molecule has 0 spiro atoms. The molecule has 1 aromatic carbocycles. The van der Waals surface area contributed by atoms with E-state index in [2.05, 4.69) is 4.72 Å². The highest BCUT2D eigenvalue weighted by atomic mass is 32.2. The predicted molar refractivity (Wildman–Crippen MR) is 87.8 cm³/mol.